The number of rotatable bonds is 2. The van der Waals surface area contributed by atoms with Crippen LogP contribution in [0.4, 0.5) is 0 Å². The molecule has 0 aromatic heterocycles. The molecule has 0 bridgehead atoms. The molecule has 0 unspecified atom stereocenters. The molecule has 0 N–H and O–H groups in total. The Bertz CT molecular complexity index is 157. The van der Waals surface area contributed by atoms with Gasteiger partial charge in [0.2, 0.25) is 0 Å². The van der Waals surface area contributed by atoms with Crippen molar-refractivity contribution in [3.05, 3.63) is 5.32 Å². The zero-order valence-electron chi connectivity index (χ0n) is 8.41. The van der Waals surface area contributed by atoms with Crippen LogP contribution in [-0.2, 0) is 4.74 Å². The highest BCUT2D eigenvalue weighted by Crippen LogP contribution is 2.22. The first-order chi connectivity index (χ1) is 6.40. The molecule has 0 aromatic carbocycles. The van der Waals surface area contributed by atoms with Crippen LogP contribution >= 0.6 is 0 Å². The van der Waals surface area contributed by atoms with Gasteiger partial charge in [-0.05, 0) is 25.9 Å². The standard InChI is InChI=1S/C10H19N2O/c1-11-9-2-5-12(8-9)10-3-6-13-7-4-10/h9-10H,2-8H2,1H3/q-1/t9-/m1/s1. The third-order valence-electron chi connectivity index (χ3n) is 3.27. The molecule has 1 atom stereocenters. The van der Waals surface area contributed by atoms with E-state index in [4.69, 9.17) is 4.74 Å². The maximum Gasteiger partial charge on any atom is 0.0480 e. The van der Waals surface area contributed by atoms with Crippen LogP contribution in [0.25, 0.3) is 5.32 Å². The van der Waals surface area contributed by atoms with E-state index in [0.29, 0.717) is 6.04 Å². The molecule has 0 amide bonds. The summed E-state index contributed by atoms with van der Waals surface area (Å²) >= 11 is 0. The normalized spacial score (nSPS) is 32.5. The maximum atomic E-state index is 5.36. The van der Waals surface area contributed by atoms with Gasteiger partial charge in [-0.2, -0.15) is 7.05 Å². The molecule has 2 saturated heterocycles. The molecule has 3 heteroatoms. The molecule has 3 nitrogen and oxygen atoms in total. The molecular weight excluding hydrogens is 164 g/mol. The summed E-state index contributed by atoms with van der Waals surface area (Å²) in [5.41, 5.74) is 0. The topological polar surface area (TPSA) is 26.6 Å². The van der Waals surface area contributed by atoms with E-state index in [1.54, 1.807) is 0 Å². The van der Waals surface area contributed by atoms with Crippen molar-refractivity contribution in [2.75, 3.05) is 33.4 Å². The average molecular weight is 183 g/mol. The molecule has 2 aliphatic heterocycles. The number of likely N-dealkylation sites (N-methyl/N-ethyl adjacent to an activating group) is 1. The Labute approximate surface area is 80.4 Å². The van der Waals surface area contributed by atoms with Gasteiger partial charge in [0.1, 0.15) is 0 Å². The van der Waals surface area contributed by atoms with Gasteiger partial charge in [-0.1, -0.05) is 6.42 Å². The summed E-state index contributed by atoms with van der Waals surface area (Å²) in [5, 5.41) is 4.36. The summed E-state index contributed by atoms with van der Waals surface area (Å²) in [6.45, 7) is 4.33. The molecule has 0 aliphatic carbocycles. The van der Waals surface area contributed by atoms with E-state index in [-0.39, 0.29) is 0 Å². The predicted octanol–water partition coefficient (Wildman–Crippen LogP) is 1.24. The highest BCUT2D eigenvalue weighted by Gasteiger charge is 2.25. The Kier molecular flexibility index (Phi) is 3.19. The van der Waals surface area contributed by atoms with Crippen molar-refractivity contribution in [3.63, 3.8) is 0 Å². The van der Waals surface area contributed by atoms with Crippen LogP contribution in [0.3, 0.4) is 0 Å². The summed E-state index contributed by atoms with van der Waals surface area (Å²) in [6.07, 6.45) is 3.70. The lowest BCUT2D eigenvalue weighted by molar-refractivity contribution is 0.0422. The molecular formula is C10H19N2O-. The third kappa shape index (κ3) is 2.22. The van der Waals surface area contributed by atoms with Gasteiger partial charge in [0.15, 0.2) is 0 Å². The van der Waals surface area contributed by atoms with Crippen molar-refractivity contribution >= 4 is 0 Å². The number of ether oxygens (including phenoxy) is 1. The quantitative estimate of drug-likeness (QED) is 0.644. The Morgan fingerprint density at radius 1 is 1.23 bits per heavy atom. The van der Waals surface area contributed by atoms with Crippen LogP contribution in [0.5, 0.6) is 0 Å². The molecule has 2 heterocycles. The average Bonchev–Trinajstić information content (AvgIpc) is 2.67. The van der Waals surface area contributed by atoms with Crippen molar-refractivity contribution < 1.29 is 4.74 Å². The van der Waals surface area contributed by atoms with Gasteiger partial charge in [-0.15, -0.1) is 6.04 Å². The Hall–Kier alpha value is -0.120. The lowest BCUT2D eigenvalue weighted by atomic mass is 10.1. The predicted molar refractivity (Wildman–Crippen MR) is 53.1 cm³/mol. The van der Waals surface area contributed by atoms with E-state index < -0.39 is 0 Å². The largest absolute Gasteiger partial charge is 0.661 e. The van der Waals surface area contributed by atoms with E-state index in [9.17, 15) is 0 Å². The smallest absolute Gasteiger partial charge is 0.0480 e. The number of nitrogens with zero attached hydrogens (tertiary/aromatic N) is 2. The molecule has 2 fully saturated rings. The Morgan fingerprint density at radius 3 is 2.62 bits per heavy atom. The first-order valence-electron chi connectivity index (χ1n) is 5.31. The first-order valence-corrected chi connectivity index (χ1v) is 5.31. The minimum absolute atomic E-state index is 0.600. The van der Waals surface area contributed by atoms with Crippen LogP contribution < -0.4 is 0 Å². The second kappa shape index (κ2) is 4.40. The molecule has 0 saturated carbocycles. The summed E-state index contributed by atoms with van der Waals surface area (Å²) in [7, 11) is 1.94. The van der Waals surface area contributed by atoms with Gasteiger partial charge in [0.05, 0.1) is 0 Å². The van der Waals surface area contributed by atoms with E-state index in [1.165, 1.54) is 32.4 Å². The lowest BCUT2D eigenvalue weighted by Crippen LogP contribution is -2.38. The fourth-order valence-electron chi connectivity index (χ4n) is 2.36. The second-order valence-electron chi connectivity index (χ2n) is 4.04. The summed E-state index contributed by atoms with van der Waals surface area (Å²) < 4.78 is 5.36. The van der Waals surface area contributed by atoms with Gasteiger partial charge in [-0.3, -0.25) is 0 Å². The lowest BCUT2D eigenvalue weighted by Gasteiger charge is -2.32. The molecule has 2 rings (SSSR count). The molecule has 2 aliphatic rings. The van der Waals surface area contributed by atoms with Crippen molar-refractivity contribution in [3.8, 4) is 0 Å². The van der Waals surface area contributed by atoms with Crippen LogP contribution in [0, 0.1) is 0 Å². The fourth-order valence-corrected chi connectivity index (χ4v) is 2.36. The summed E-state index contributed by atoms with van der Waals surface area (Å²) in [5.74, 6) is 0. The van der Waals surface area contributed by atoms with Gasteiger partial charge in [0, 0.05) is 19.3 Å². The van der Waals surface area contributed by atoms with Gasteiger partial charge < -0.3 is 15.0 Å². The molecule has 13 heavy (non-hydrogen) atoms. The number of hydrogen-bond acceptors (Lipinski definition) is 2. The second-order valence-corrected chi connectivity index (χ2v) is 4.04. The summed E-state index contributed by atoms with van der Waals surface area (Å²) in [4.78, 5) is 2.60. The van der Waals surface area contributed by atoms with Crippen molar-refractivity contribution in [2.45, 2.75) is 31.3 Å². The van der Waals surface area contributed by atoms with Crippen molar-refractivity contribution in [1.82, 2.24) is 4.90 Å². The van der Waals surface area contributed by atoms with Crippen LogP contribution in [0.1, 0.15) is 19.3 Å². The zero-order valence-corrected chi connectivity index (χ0v) is 8.41. The van der Waals surface area contributed by atoms with E-state index in [0.717, 1.165) is 19.3 Å². The molecule has 0 aromatic rings. The monoisotopic (exact) mass is 183 g/mol. The van der Waals surface area contributed by atoms with E-state index in [2.05, 4.69) is 10.2 Å². The third-order valence-corrected chi connectivity index (χ3v) is 3.27. The number of hydrogen-bond donors (Lipinski definition) is 0. The van der Waals surface area contributed by atoms with E-state index in [1.807, 2.05) is 7.05 Å². The highest BCUT2D eigenvalue weighted by molar-refractivity contribution is 4.96. The minimum atomic E-state index is 0.600. The van der Waals surface area contributed by atoms with Crippen LogP contribution in [0.15, 0.2) is 0 Å². The zero-order chi connectivity index (χ0) is 9.10. The van der Waals surface area contributed by atoms with Gasteiger partial charge in [-0.25, -0.2) is 0 Å². The van der Waals surface area contributed by atoms with Gasteiger partial charge >= 0.3 is 0 Å². The van der Waals surface area contributed by atoms with E-state index >= 15 is 0 Å². The SMILES string of the molecule is C[N-][C@@H]1CCN(C2CCOCC2)C1. The van der Waals surface area contributed by atoms with Crippen LogP contribution in [-0.4, -0.2) is 50.3 Å². The highest BCUT2D eigenvalue weighted by atomic mass is 16.5. The Balaban J connectivity index is 1.80. The molecule has 76 valence electrons. The van der Waals surface area contributed by atoms with Crippen molar-refractivity contribution in [1.29, 1.82) is 0 Å². The Morgan fingerprint density at radius 2 is 2.00 bits per heavy atom. The number of likely N-dealkylation sites (tertiary alicyclic amines) is 1. The van der Waals surface area contributed by atoms with Crippen LogP contribution in [0.2, 0.25) is 0 Å². The molecule has 0 spiro atoms. The van der Waals surface area contributed by atoms with Gasteiger partial charge in [0.25, 0.3) is 0 Å². The minimum Gasteiger partial charge on any atom is -0.661 e. The van der Waals surface area contributed by atoms with Crippen molar-refractivity contribution in [2.24, 2.45) is 0 Å². The summed E-state index contributed by atoms with van der Waals surface area (Å²) in [6, 6.07) is 1.38. The molecule has 0 radical (unpaired) electrons. The maximum absolute atomic E-state index is 5.36. The fraction of sp³-hybridized carbons (Fsp3) is 1.00. The first kappa shape index (κ1) is 9.44.